The monoisotopic (exact) mass is 405 g/mol. The Morgan fingerprint density at radius 2 is 1.96 bits per heavy atom. The number of primary amides is 1. The molecule has 0 bridgehead atoms. The summed E-state index contributed by atoms with van der Waals surface area (Å²) in [5.74, 6) is 0.114. The van der Waals surface area contributed by atoms with Crippen LogP contribution < -0.4 is 15.8 Å². The molecule has 6 nitrogen and oxygen atoms in total. The van der Waals surface area contributed by atoms with E-state index in [9.17, 15) is 9.59 Å². The number of carbonyl (C=O) groups excluding carboxylic acids is 2. The molecule has 0 saturated heterocycles. The summed E-state index contributed by atoms with van der Waals surface area (Å²) < 4.78 is 5.94. The molecule has 0 unspecified atom stereocenters. The Kier molecular flexibility index (Phi) is 5.79. The van der Waals surface area contributed by atoms with Crippen molar-refractivity contribution in [1.29, 1.82) is 0 Å². The average molecular weight is 406 g/mol. The van der Waals surface area contributed by atoms with E-state index in [0.717, 1.165) is 15.7 Å². The molecule has 0 aliphatic heterocycles. The Hall–Kier alpha value is -2.41. The van der Waals surface area contributed by atoms with Gasteiger partial charge in [0, 0.05) is 21.8 Å². The van der Waals surface area contributed by atoms with Crippen LogP contribution in [0.2, 0.25) is 0 Å². The first-order chi connectivity index (χ1) is 11.7. The van der Waals surface area contributed by atoms with Crippen molar-refractivity contribution in [2.75, 3.05) is 0 Å². The number of halogens is 1. The van der Waals surface area contributed by atoms with Crippen molar-refractivity contribution >= 4 is 27.9 Å². The molecule has 0 aliphatic carbocycles. The third-order valence-corrected chi connectivity index (χ3v) is 3.96. The van der Waals surface area contributed by atoms with E-state index in [1.165, 1.54) is 0 Å². The molecular weight excluding hydrogens is 386 g/mol. The highest BCUT2D eigenvalue weighted by atomic mass is 79.9. The Labute approximate surface area is 154 Å². The molecule has 132 valence electrons. The standard InChI is InChI=1S/C18H20BrN3O3/c1-18(2,3)14-8-11(4-5-15(14)25-17(20)24)16(23)22-10-13-9-12(19)6-7-21-13/h4-9H,10H2,1-3H3,(H2,20,24)(H,22,23). The van der Waals surface area contributed by atoms with Gasteiger partial charge in [0.2, 0.25) is 0 Å². The number of nitrogens with two attached hydrogens (primary N) is 1. The number of ether oxygens (including phenoxy) is 1. The molecule has 2 amide bonds. The van der Waals surface area contributed by atoms with Gasteiger partial charge in [-0.1, -0.05) is 36.7 Å². The normalized spacial score (nSPS) is 11.0. The summed E-state index contributed by atoms with van der Waals surface area (Å²) in [5, 5.41) is 2.83. The lowest BCUT2D eigenvalue weighted by Gasteiger charge is -2.22. The van der Waals surface area contributed by atoms with Crippen LogP contribution in [0.3, 0.4) is 0 Å². The lowest BCUT2D eigenvalue weighted by atomic mass is 9.85. The molecule has 2 rings (SSSR count). The summed E-state index contributed by atoms with van der Waals surface area (Å²) in [6.07, 6.45) is 0.780. The van der Waals surface area contributed by atoms with Crippen molar-refractivity contribution in [3.63, 3.8) is 0 Å². The second-order valence-corrected chi connectivity index (χ2v) is 7.45. The fourth-order valence-corrected chi connectivity index (χ4v) is 2.66. The van der Waals surface area contributed by atoms with Crippen molar-refractivity contribution in [2.24, 2.45) is 5.73 Å². The molecule has 0 aliphatic rings. The minimum atomic E-state index is -0.886. The quantitative estimate of drug-likeness (QED) is 0.812. The van der Waals surface area contributed by atoms with E-state index in [2.05, 4.69) is 26.2 Å². The molecule has 0 fully saturated rings. The maximum Gasteiger partial charge on any atom is 0.409 e. The summed E-state index contributed by atoms with van der Waals surface area (Å²) >= 11 is 3.37. The number of rotatable bonds is 4. The van der Waals surface area contributed by atoms with E-state index in [-0.39, 0.29) is 11.3 Å². The van der Waals surface area contributed by atoms with Crippen LogP contribution in [0.4, 0.5) is 4.79 Å². The summed E-state index contributed by atoms with van der Waals surface area (Å²) in [5.41, 5.74) is 6.72. The van der Waals surface area contributed by atoms with Crippen LogP contribution in [0.25, 0.3) is 0 Å². The topological polar surface area (TPSA) is 94.3 Å². The smallest absolute Gasteiger partial charge is 0.409 e. The number of aromatic nitrogens is 1. The second kappa shape index (κ2) is 7.65. The van der Waals surface area contributed by atoms with Gasteiger partial charge in [0.15, 0.2) is 0 Å². The van der Waals surface area contributed by atoms with Gasteiger partial charge in [0.25, 0.3) is 5.91 Å². The summed E-state index contributed by atoms with van der Waals surface area (Å²) in [6.45, 7) is 6.19. The van der Waals surface area contributed by atoms with Crippen LogP contribution in [0, 0.1) is 0 Å². The van der Waals surface area contributed by atoms with E-state index in [1.807, 2.05) is 32.9 Å². The molecular formula is C18H20BrN3O3. The SMILES string of the molecule is CC(C)(C)c1cc(C(=O)NCc2cc(Br)ccn2)ccc1OC(N)=O. The molecule has 25 heavy (non-hydrogen) atoms. The van der Waals surface area contributed by atoms with Gasteiger partial charge >= 0.3 is 6.09 Å². The van der Waals surface area contributed by atoms with Crippen LogP contribution >= 0.6 is 15.9 Å². The number of nitrogens with one attached hydrogen (secondary N) is 1. The van der Waals surface area contributed by atoms with E-state index < -0.39 is 6.09 Å². The van der Waals surface area contributed by atoms with Gasteiger partial charge in [0.1, 0.15) is 5.75 Å². The fourth-order valence-electron chi connectivity index (χ4n) is 2.27. The van der Waals surface area contributed by atoms with Gasteiger partial charge in [-0.15, -0.1) is 0 Å². The van der Waals surface area contributed by atoms with Gasteiger partial charge in [-0.2, -0.15) is 0 Å². The lowest BCUT2D eigenvalue weighted by Crippen LogP contribution is -2.25. The molecule has 0 atom stereocenters. The van der Waals surface area contributed by atoms with Gasteiger partial charge in [-0.3, -0.25) is 9.78 Å². The van der Waals surface area contributed by atoms with Crippen molar-refractivity contribution in [3.05, 3.63) is 57.8 Å². The molecule has 3 N–H and O–H groups in total. The van der Waals surface area contributed by atoms with Crippen molar-refractivity contribution in [1.82, 2.24) is 10.3 Å². The predicted octanol–water partition coefficient (Wildman–Crippen LogP) is 3.53. The average Bonchev–Trinajstić information content (AvgIpc) is 2.51. The predicted molar refractivity (Wildman–Crippen MR) is 98.5 cm³/mol. The zero-order valence-corrected chi connectivity index (χ0v) is 15.9. The first-order valence-electron chi connectivity index (χ1n) is 7.67. The molecule has 0 radical (unpaired) electrons. The van der Waals surface area contributed by atoms with Crippen LogP contribution in [0.15, 0.2) is 41.0 Å². The molecule has 0 saturated carbocycles. The number of benzene rings is 1. The summed E-state index contributed by atoms with van der Waals surface area (Å²) in [7, 11) is 0. The molecule has 0 spiro atoms. The third kappa shape index (κ3) is 5.29. The minimum absolute atomic E-state index is 0.238. The number of hydrogen-bond acceptors (Lipinski definition) is 4. The van der Waals surface area contributed by atoms with Crippen LogP contribution in [0.1, 0.15) is 42.4 Å². The molecule has 1 aromatic heterocycles. The van der Waals surface area contributed by atoms with E-state index in [1.54, 1.807) is 24.4 Å². The number of hydrogen-bond donors (Lipinski definition) is 2. The van der Waals surface area contributed by atoms with E-state index >= 15 is 0 Å². The Bertz CT molecular complexity index is 800. The van der Waals surface area contributed by atoms with Crippen LogP contribution in [0.5, 0.6) is 5.75 Å². The first kappa shape index (κ1) is 18.9. The largest absolute Gasteiger partial charge is 0.410 e. The van der Waals surface area contributed by atoms with Crippen LogP contribution in [-0.4, -0.2) is 17.0 Å². The van der Waals surface area contributed by atoms with Crippen molar-refractivity contribution in [2.45, 2.75) is 32.7 Å². The van der Waals surface area contributed by atoms with Crippen LogP contribution in [-0.2, 0) is 12.0 Å². The summed E-state index contributed by atoms with van der Waals surface area (Å²) in [6, 6.07) is 8.54. The Morgan fingerprint density at radius 3 is 2.56 bits per heavy atom. The number of carbonyl (C=O) groups is 2. The van der Waals surface area contributed by atoms with Crippen molar-refractivity contribution < 1.29 is 14.3 Å². The summed E-state index contributed by atoms with van der Waals surface area (Å²) in [4.78, 5) is 27.7. The van der Waals surface area contributed by atoms with Gasteiger partial charge in [-0.25, -0.2) is 4.79 Å². The number of pyridine rings is 1. The first-order valence-corrected chi connectivity index (χ1v) is 8.46. The van der Waals surface area contributed by atoms with E-state index in [4.69, 9.17) is 10.5 Å². The molecule has 1 heterocycles. The van der Waals surface area contributed by atoms with Crippen molar-refractivity contribution in [3.8, 4) is 5.75 Å². The molecule has 2 aromatic rings. The zero-order chi connectivity index (χ0) is 18.6. The van der Waals surface area contributed by atoms with Gasteiger partial charge in [0.05, 0.1) is 12.2 Å². The molecule has 7 heteroatoms. The highest BCUT2D eigenvalue weighted by molar-refractivity contribution is 9.10. The number of amides is 2. The Balaban J connectivity index is 2.20. The second-order valence-electron chi connectivity index (χ2n) is 6.53. The Morgan fingerprint density at radius 1 is 1.24 bits per heavy atom. The highest BCUT2D eigenvalue weighted by Crippen LogP contribution is 2.32. The fraction of sp³-hybridized carbons (Fsp3) is 0.278. The minimum Gasteiger partial charge on any atom is -0.410 e. The third-order valence-electron chi connectivity index (χ3n) is 3.47. The van der Waals surface area contributed by atoms with E-state index in [0.29, 0.717) is 17.9 Å². The lowest BCUT2D eigenvalue weighted by molar-refractivity contribution is 0.0950. The zero-order valence-electron chi connectivity index (χ0n) is 14.3. The van der Waals surface area contributed by atoms with Gasteiger partial charge < -0.3 is 15.8 Å². The van der Waals surface area contributed by atoms with Gasteiger partial charge in [-0.05, 0) is 35.7 Å². The number of nitrogens with zero attached hydrogens (tertiary/aromatic N) is 1. The maximum atomic E-state index is 12.4. The molecule has 1 aromatic carbocycles. The maximum absolute atomic E-state index is 12.4. The highest BCUT2D eigenvalue weighted by Gasteiger charge is 2.22.